The summed E-state index contributed by atoms with van der Waals surface area (Å²) < 4.78 is 4.68. The Hall–Kier alpha value is -1.88. The molecule has 33 heavy (non-hydrogen) atoms. The Morgan fingerprint density at radius 2 is 1.76 bits per heavy atom. The number of alkyl halides is 1. The number of rotatable bonds is 12. The van der Waals surface area contributed by atoms with Crippen LogP contribution in [0.15, 0.2) is 54.6 Å². The zero-order chi connectivity index (χ0) is 23.6. The van der Waals surface area contributed by atoms with Crippen molar-refractivity contribution in [2.75, 3.05) is 7.11 Å². The summed E-state index contributed by atoms with van der Waals surface area (Å²) in [7, 11) is 1.42. The Labute approximate surface area is 202 Å². The van der Waals surface area contributed by atoms with E-state index in [1.54, 1.807) is 0 Å². The van der Waals surface area contributed by atoms with Crippen molar-refractivity contribution >= 4 is 17.6 Å². The summed E-state index contributed by atoms with van der Waals surface area (Å²) in [5, 5.41) is 21.3. The average Bonchev–Trinajstić information content (AvgIpc) is 3.12. The van der Waals surface area contributed by atoms with Gasteiger partial charge in [0.15, 0.2) is 0 Å². The lowest BCUT2D eigenvalue weighted by Gasteiger charge is -2.24. The van der Waals surface area contributed by atoms with E-state index in [2.05, 4.69) is 16.9 Å². The van der Waals surface area contributed by atoms with Crippen LogP contribution >= 0.6 is 11.6 Å². The lowest BCUT2D eigenvalue weighted by Crippen LogP contribution is -2.19. The van der Waals surface area contributed by atoms with Gasteiger partial charge in [-0.25, -0.2) is 0 Å². The number of methoxy groups -OCH3 is 1. The highest BCUT2D eigenvalue weighted by atomic mass is 35.5. The van der Waals surface area contributed by atoms with E-state index >= 15 is 0 Å². The first-order valence-electron chi connectivity index (χ1n) is 12.2. The second-order valence-corrected chi connectivity index (χ2v) is 9.81. The molecular weight excluding hydrogens is 436 g/mol. The molecule has 5 atom stereocenters. The molecule has 5 heteroatoms. The highest BCUT2D eigenvalue weighted by Gasteiger charge is 2.41. The molecule has 180 valence electrons. The van der Waals surface area contributed by atoms with E-state index in [9.17, 15) is 15.0 Å². The van der Waals surface area contributed by atoms with Crippen LogP contribution < -0.4 is 0 Å². The van der Waals surface area contributed by atoms with Gasteiger partial charge in [-0.2, -0.15) is 0 Å². The van der Waals surface area contributed by atoms with E-state index in [0.29, 0.717) is 19.3 Å². The van der Waals surface area contributed by atoms with Gasteiger partial charge in [0, 0.05) is 17.7 Å². The monoisotopic (exact) mass is 472 g/mol. The summed E-state index contributed by atoms with van der Waals surface area (Å²) in [4.78, 5) is 11.2. The summed E-state index contributed by atoms with van der Waals surface area (Å²) >= 11 is 6.64. The van der Waals surface area contributed by atoms with Gasteiger partial charge in [0.25, 0.3) is 0 Å². The first-order valence-corrected chi connectivity index (χ1v) is 12.6. The Morgan fingerprint density at radius 1 is 1.06 bits per heavy atom. The number of aliphatic hydroxyl groups is 2. The molecule has 0 radical (unpaired) electrons. The highest BCUT2D eigenvalue weighted by molar-refractivity contribution is 6.21. The third kappa shape index (κ3) is 7.56. The van der Waals surface area contributed by atoms with E-state index in [1.807, 2.05) is 42.5 Å². The van der Waals surface area contributed by atoms with Crippen LogP contribution in [0.2, 0.25) is 0 Å². The lowest BCUT2D eigenvalue weighted by atomic mass is 9.83. The first-order chi connectivity index (χ1) is 16.0. The predicted molar refractivity (Wildman–Crippen MR) is 132 cm³/mol. The molecule has 1 aliphatic carbocycles. The second kappa shape index (κ2) is 13.1. The van der Waals surface area contributed by atoms with Crippen LogP contribution in [0, 0.1) is 5.92 Å². The van der Waals surface area contributed by atoms with Crippen molar-refractivity contribution in [1.82, 2.24) is 0 Å². The number of hydrogen-bond acceptors (Lipinski definition) is 4. The third-order valence-electron chi connectivity index (χ3n) is 6.96. The Kier molecular flexibility index (Phi) is 10.2. The van der Waals surface area contributed by atoms with Crippen molar-refractivity contribution in [3.05, 3.63) is 71.3 Å². The summed E-state index contributed by atoms with van der Waals surface area (Å²) in [6, 6.07) is 18.3. The van der Waals surface area contributed by atoms with Crippen LogP contribution in [0.1, 0.15) is 80.1 Å². The Morgan fingerprint density at radius 3 is 2.45 bits per heavy atom. The zero-order valence-electron chi connectivity index (χ0n) is 19.5. The predicted octanol–water partition coefficient (Wildman–Crippen LogP) is 5.94. The lowest BCUT2D eigenvalue weighted by molar-refractivity contribution is -0.140. The standard InChI is InChI=1S/C28H37ClO4/c1-33-27(32)12-8-3-2-7-11-23-24(29)19-26(31)28(23)22-16-14-21(15-17-22)25(30)18-13-20-9-5-4-6-10-20/h4-6,9-10,14-17,23-26,28,30-31H,2-3,7-8,11-13,18-19H2,1H3/t23-,24-,25?,26+,28+/m0/s1. The van der Waals surface area contributed by atoms with Gasteiger partial charge in [-0.15, -0.1) is 11.6 Å². The Balaban J connectivity index is 1.52. The molecule has 1 aliphatic rings. The molecule has 2 aromatic carbocycles. The molecule has 1 fully saturated rings. The van der Waals surface area contributed by atoms with Gasteiger partial charge >= 0.3 is 5.97 Å². The molecule has 1 saturated carbocycles. The van der Waals surface area contributed by atoms with Crippen LogP contribution in [-0.2, 0) is 16.0 Å². The van der Waals surface area contributed by atoms with Gasteiger partial charge in [-0.3, -0.25) is 4.79 Å². The maximum Gasteiger partial charge on any atom is 0.305 e. The van der Waals surface area contributed by atoms with Crippen molar-refractivity contribution in [2.45, 2.75) is 81.3 Å². The van der Waals surface area contributed by atoms with Crippen LogP contribution in [0.25, 0.3) is 0 Å². The van der Waals surface area contributed by atoms with E-state index in [4.69, 9.17) is 11.6 Å². The molecular formula is C28H37ClO4. The minimum atomic E-state index is -0.505. The number of aliphatic hydroxyl groups excluding tert-OH is 2. The van der Waals surface area contributed by atoms with Crippen molar-refractivity contribution in [2.24, 2.45) is 5.92 Å². The molecule has 2 aromatic rings. The number of halogens is 1. The number of carbonyl (C=O) groups excluding carboxylic acids is 1. The normalized spacial score (nSPS) is 23.4. The summed E-state index contributed by atoms with van der Waals surface area (Å²) in [6.07, 6.45) is 6.55. The number of esters is 1. The molecule has 3 rings (SSSR count). The van der Waals surface area contributed by atoms with Crippen LogP contribution in [0.4, 0.5) is 0 Å². The number of ether oxygens (including phenoxy) is 1. The molecule has 0 heterocycles. The van der Waals surface area contributed by atoms with Crippen molar-refractivity contribution in [1.29, 1.82) is 0 Å². The summed E-state index contributed by atoms with van der Waals surface area (Å²) in [5.41, 5.74) is 3.23. The highest BCUT2D eigenvalue weighted by Crippen LogP contribution is 2.45. The number of benzene rings is 2. The van der Waals surface area contributed by atoms with Gasteiger partial charge in [-0.1, -0.05) is 73.9 Å². The van der Waals surface area contributed by atoms with Crippen LogP contribution in [-0.4, -0.2) is 34.8 Å². The van der Waals surface area contributed by atoms with Crippen molar-refractivity contribution in [3.8, 4) is 0 Å². The number of aryl methyl sites for hydroxylation is 1. The molecule has 4 nitrogen and oxygen atoms in total. The zero-order valence-corrected chi connectivity index (χ0v) is 20.3. The van der Waals surface area contributed by atoms with Gasteiger partial charge in [0.1, 0.15) is 0 Å². The smallest absolute Gasteiger partial charge is 0.305 e. The molecule has 0 amide bonds. The van der Waals surface area contributed by atoms with Gasteiger partial charge in [0.05, 0.1) is 19.3 Å². The fourth-order valence-corrected chi connectivity index (χ4v) is 5.52. The van der Waals surface area contributed by atoms with Crippen molar-refractivity contribution in [3.63, 3.8) is 0 Å². The van der Waals surface area contributed by atoms with Crippen LogP contribution in [0.5, 0.6) is 0 Å². The fourth-order valence-electron chi connectivity index (χ4n) is 5.05. The molecule has 2 N–H and O–H groups in total. The number of carbonyl (C=O) groups is 1. The maximum atomic E-state index is 11.2. The molecule has 0 spiro atoms. The van der Waals surface area contributed by atoms with Gasteiger partial charge < -0.3 is 14.9 Å². The summed E-state index contributed by atoms with van der Waals surface area (Å²) in [5.74, 6) is 0.109. The third-order valence-corrected chi connectivity index (χ3v) is 7.46. The molecule has 0 aromatic heterocycles. The second-order valence-electron chi connectivity index (χ2n) is 9.24. The van der Waals surface area contributed by atoms with Crippen LogP contribution in [0.3, 0.4) is 0 Å². The Bertz CT molecular complexity index is 839. The number of hydrogen-bond donors (Lipinski definition) is 2. The van der Waals surface area contributed by atoms with Gasteiger partial charge in [-0.05, 0) is 54.7 Å². The molecule has 0 bridgehead atoms. The van der Waals surface area contributed by atoms with E-state index < -0.39 is 12.2 Å². The summed E-state index contributed by atoms with van der Waals surface area (Å²) in [6.45, 7) is 0. The minimum absolute atomic E-state index is 0.0260. The number of unbranched alkanes of at least 4 members (excludes halogenated alkanes) is 3. The van der Waals surface area contributed by atoms with E-state index in [-0.39, 0.29) is 23.2 Å². The fraction of sp³-hybridized carbons (Fsp3) is 0.536. The van der Waals surface area contributed by atoms with E-state index in [0.717, 1.165) is 49.7 Å². The first kappa shape index (κ1) is 25.7. The SMILES string of the molecule is COC(=O)CCCCCC[C@@H]1[C@@H](c2ccc(C(O)CCc3ccccc3)cc2)[C@H](O)C[C@@H]1Cl. The van der Waals surface area contributed by atoms with Crippen molar-refractivity contribution < 1.29 is 19.7 Å². The molecule has 0 aliphatic heterocycles. The molecule has 1 unspecified atom stereocenters. The largest absolute Gasteiger partial charge is 0.469 e. The topological polar surface area (TPSA) is 66.8 Å². The van der Waals surface area contributed by atoms with E-state index in [1.165, 1.54) is 12.7 Å². The maximum absolute atomic E-state index is 11.2. The quantitative estimate of drug-likeness (QED) is 0.228. The van der Waals surface area contributed by atoms with Gasteiger partial charge in [0.2, 0.25) is 0 Å². The minimum Gasteiger partial charge on any atom is -0.469 e. The molecule has 0 saturated heterocycles. The average molecular weight is 473 g/mol.